The van der Waals surface area contributed by atoms with Crippen LogP contribution in [0.2, 0.25) is 0 Å². The molecule has 3 aromatic rings. The van der Waals surface area contributed by atoms with Crippen molar-refractivity contribution in [1.29, 1.82) is 0 Å². The first-order valence-corrected chi connectivity index (χ1v) is 9.22. The Kier molecular flexibility index (Phi) is 6.16. The van der Waals surface area contributed by atoms with E-state index in [9.17, 15) is 31.1 Å². The number of halogens is 6. The molecule has 10 heteroatoms. The van der Waals surface area contributed by atoms with Crippen LogP contribution in [0.25, 0.3) is 17.3 Å². The predicted octanol–water partition coefficient (Wildman–Crippen LogP) is 6.09. The first-order valence-electron chi connectivity index (χ1n) is 9.22. The summed E-state index contributed by atoms with van der Waals surface area (Å²) in [6.07, 6.45) is -6.58. The number of rotatable bonds is 4. The zero-order chi connectivity index (χ0) is 23.7. The highest BCUT2D eigenvalue weighted by Gasteiger charge is 2.36. The van der Waals surface area contributed by atoms with Crippen LogP contribution in [-0.4, -0.2) is 15.5 Å². The Balaban J connectivity index is 1.84. The second-order valence-corrected chi connectivity index (χ2v) is 6.95. The Labute approximate surface area is 179 Å². The van der Waals surface area contributed by atoms with E-state index in [0.29, 0.717) is 30.0 Å². The summed E-state index contributed by atoms with van der Waals surface area (Å²) in [5.74, 6) is -0.0206. The van der Waals surface area contributed by atoms with Crippen molar-refractivity contribution in [3.63, 3.8) is 0 Å². The smallest absolute Gasteiger partial charge is 0.331 e. The molecule has 3 rings (SSSR count). The number of carbonyl (C=O) groups is 1. The number of hydrogen-bond acceptors (Lipinski definition) is 2. The minimum Gasteiger partial charge on any atom is -0.331 e. The second kappa shape index (κ2) is 8.52. The Hall–Kier alpha value is -3.56. The third-order valence-electron chi connectivity index (χ3n) is 4.74. The van der Waals surface area contributed by atoms with Crippen LogP contribution in [0, 0.1) is 6.92 Å². The number of aryl methyl sites for hydroxylation is 1. The van der Waals surface area contributed by atoms with Crippen LogP contribution in [0.5, 0.6) is 0 Å². The van der Waals surface area contributed by atoms with Crippen LogP contribution in [0.3, 0.4) is 0 Å². The van der Waals surface area contributed by atoms with Gasteiger partial charge in [-0.1, -0.05) is 12.1 Å². The Bertz CT molecular complexity index is 1180. The van der Waals surface area contributed by atoms with E-state index < -0.39 is 35.0 Å². The fourth-order valence-electron chi connectivity index (χ4n) is 3.01. The molecule has 0 unspecified atom stereocenters. The molecule has 2 aromatic carbocycles. The van der Waals surface area contributed by atoms with Crippen molar-refractivity contribution in [2.75, 3.05) is 5.32 Å². The van der Waals surface area contributed by atoms with Gasteiger partial charge in [-0.25, -0.2) is 4.98 Å². The highest BCUT2D eigenvalue weighted by molar-refractivity contribution is 6.02. The molecule has 0 aliphatic carbocycles. The molecule has 32 heavy (non-hydrogen) atoms. The predicted molar refractivity (Wildman–Crippen MR) is 107 cm³/mol. The molecule has 0 spiro atoms. The van der Waals surface area contributed by atoms with Gasteiger partial charge in [0.2, 0.25) is 5.91 Å². The lowest BCUT2D eigenvalue weighted by atomic mass is 10.0. The molecule has 0 radical (unpaired) electrons. The van der Waals surface area contributed by atoms with E-state index in [1.807, 2.05) is 18.5 Å². The minimum absolute atomic E-state index is 0.347. The van der Waals surface area contributed by atoms with Crippen molar-refractivity contribution >= 4 is 17.7 Å². The number of nitrogens with one attached hydrogen (secondary N) is 1. The number of amides is 1. The number of anilines is 1. The van der Waals surface area contributed by atoms with Crippen LogP contribution in [0.15, 0.2) is 54.7 Å². The molecule has 1 N–H and O–H groups in total. The van der Waals surface area contributed by atoms with E-state index in [1.54, 1.807) is 30.5 Å². The van der Waals surface area contributed by atoms with Gasteiger partial charge in [0.1, 0.15) is 5.82 Å². The van der Waals surface area contributed by atoms with Crippen LogP contribution < -0.4 is 5.32 Å². The van der Waals surface area contributed by atoms with Crippen molar-refractivity contribution in [3.05, 3.63) is 77.3 Å². The van der Waals surface area contributed by atoms with Gasteiger partial charge >= 0.3 is 12.4 Å². The number of hydrogen-bond donors (Lipinski definition) is 1. The summed E-state index contributed by atoms with van der Waals surface area (Å²) in [6.45, 7) is 1.82. The van der Waals surface area contributed by atoms with Crippen LogP contribution in [0.4, 0.5) is 32.0 Å². The Morgan fingerprint density at radius 3 is 2.34 bits per heavy atom. The number of benzene rings is 2. The lowest BCUT2D eigenvalue weighted by Crippen LogP contribution is -2.12. The summed E-state index contributed by atoms with van der Waals surface area (Å²) in [5.41, 5.74) is -1.40. The van der Waals surface area contributed by atoms with Gasteiger partial charge in [0, 0.05) is 24.4 Å². The third kappa shape index (κ3) is 5.19. The maximum absolute atomic E-state index is 13.2. The molecule has 1 aromatic heterocycles. The lowest BCUT2D eigenvalue weighted by Gasteiger charge is -2.13. The third-order valence-corrected chi connectivity index (χ3v) is 4.74. The fraction of sp³-hybridized carbons (Fsp3) is 0.182. The van der Waals surface area contributed by atoms with E-state index in [-0.39, 0.29) is 0 Å². The largest absolute Gasteiger partial charge is 0.416 e. The van der Waals surface area contributed by atoms with Gasteiger partial charge in [0.05, 0.1) is 23.0 Å². The van der Waals surface area contributed by atoms with Crippen molar-refractivity contribution in [2.45, 2.75) is 19.3 Å². The number of imidazole rings is 1. The van der Waals surface area contributed by atoms with Crippen LogP contribution in [-0.2, 0) is 24.2 Å². The summed E-state index contributed by atoms with van der Waals surface area (Å²) < 4.78 is 80.0. The van der Waals surface area contributed by atoms with Crippen LogP contribution >= 0.6 is 0 Å². The minimum atomic E-state index is -4.88. The van der Waals surface area contributed by atoms with Gasteiger partial charge in [0.15, 0.2) is 0 Å². The molecular weight excluding hydrogens is 436 g/mol. The normalized spacial score (nSPS) is 12.4. The van der Waals surface area contributed by atoms with Crippen molar-refractivity contribution in [2.24, 2.45) is 7.05 Å². The molecule has 1 amide bonds. The average molecular weight is 453 g/mol. The first kappa shape index (κ1) is 23.1. The lowest BCUT2D eigenvalue weighted by molar-refractivity contribution is -0.141. The van der Waals surface area contributed by atoms with Gasteiger partial charge in [-0.3, -0.25) is 4.79 Å². The maximum atomic E-state index is 13.2. The summed E-state index contributed by atoms with van der Waals surface area (Å²) in [4.78, 5) is 16.4. The van der Waals surface area contributed by atoms with Crippen molar-refractivity contribution < 1.29 is 31.1 Å². The van der Waals surface area contributed by atoms with Crippen molar-refractivity contribution in [1.82, 2.24) is 9.55 Å². The number of carbonyl (C=O) groups excluding carboxylic acids is 1. The topological polar surface area (TPSA) is 46.9 Å². The molecule has 0 bridgehead atoms. The number of aromatic nitrogens is 2. The summed E-state index contributed by atoms with van der Waals surface area (Å²) in [5, 5.41) is 2.49. The molecule has 0 aliphatic heterocycles. The summed E-state index contributed by atoms with van der Waals surface area (Å²) >= 11 is 0. The molecule has 4 nitrogen and oxygen atoms in total. The van der Waals surface area contributed by atoms with E-state index in [2.05, 4.69) is 10.3 Å². The molecule has 0 saturated heterocycles. The van der Waals surface area contributed by atoms with Gasteiger partial charge in [0.25, 0.3) is 0 Å². The fourth-order valence-corrected chi connectivity index (χ4v) is 3.01. The molecule has 0 atom stereocenters. The Morgan fingerprint density at radius 1 is 1.03 bits per heavy atom. The molecular formula is C22H17F6N3O. The zero-order valence-corrected chi connectivity index (χ0v) is 16.8. The molecule has 0 fully saturated rings. The first-order chi connectivity index (χ1) is 14.9. The maximum Gasteiger partial charge on any atom is 0.416 e. The molecule has 168 valence electrons. The van der Waals surface area contributed by atoms with Crippen molar-refractivity contribution in [3.8, 4) is 11.3 Å². The van der Waals surface area contributed by atoms with Gasteiger partial charge in [-0.15, -0.1) is 0 Å². The number of alkyl halides is 6. The Morgan fingerprint density at radius 2 is 1.75 bits per heavy atom. The van der Waals surface area contributed by atoms with Gasteiger partial charge in [-0.05, 0) is 48.9 Å². The highest BCUT2D eigenvalue weighted by Crippen LogP contribution is 2.37. The highest BCUT2D eigenvalue weighted by atomic mass is 19.4. The molecule has 1 heterocycles. The van der Waals surface area contributed by atoms with E-state index in [4.69, 9.17) is 0 Å². The number of nitrogens with zero attached hydrogens (tertiary/aromatic N) is 2. The van der Waals surface area contributed by atoms with Crippen LogP contribution in [0.1, 0.15) is 22.5 Å². The average Bonchev–Trinajstić information content (AvgIpc) is 3.03. The molecule has 0 aliphatic rings. The SMILES string of the molecule is Cc1ncc(-c2cccc(NC(=O)/C=C/c3cc(C(F)(F)F)ccc3C(F)(F)F)c2)n1C. The standard InChI is InChI=1S/C22H17F6N3O/c1-13-29-12-19(31(13)2)15-4-3-5-17(11-15)30-20(32)9-6-14-10-16(21(23,24)25)7-8-18(14)22(26,27)28/h3-12H,1-2H3,(H,30,32)/b9-6+. The van der Waals surface area contributed by atoms with E-state index in [0.717, 1.165) is 23.2 Å². The summed E-state index contributed by atoms with van der Waals surface area (Å²) in [7, 11) is 1.82. The zero-order valence-electron chi connectivity index (χ0n) is 16.8. The van der Waals surface area contributed by atoms with Gasteiger partial charge in [-0.2, -0.15) is 26.3 Å². The second-order valence-electron chi connectivity index (χ2n) is 6.95. The van der Waals surface area contributed by atoms with E-state index in [1.165, 1.54) is 0 Å². The summed E-state index contributed by atoms with van der Waals surface area (Å²) in [6, 6.07) is 7.74. The quantitative estimate of drug-likeness (QED) is 0.384. The van der Waals surface area contributed by atoms with E-state index >= 15 is 0 Å². The molecule has 0 saturated carbocycles. The van der Waals surface area contributed by atoms with Gasteiger partial charge < -0.3 is 9.88 Å². The monoisotopic (exact) mass is 453 g/mol.